The van der Waals surface area contributed by atoms with Crippen LogP contribution in [0.3, 0.4) is 0 Å². The summed E-state index contributed by atoms with van der Waals surface area (Å²) in [4.78, 5) is 24.8. The zero-order chi connectivity index (χ0) is 33.0. The second-order valence-corrected chi connectivity index (χ2v) is 11.9. The quantitative estimate of drug-likeness (QED) is 0.172. The topological polar surface area (TPSA) is 64.5 Å². The predicted molar refractivity (Wildman–Crippen MR) is 198 cm³/mol. The summed E-state index contributed by atoms with van der Waals surface area (Å²) < 4.78 is 0. The largest absolute Gasteiger partial charge is 0.228 e. The van der Waals surface area contributed by atoms with Crippen molar-refractivity contribution < 1.29 is 0 Å². The molecule has 0 fully saturated rings. The average molecular weight is 650 g/mol. The van der Waals surface area contributed by atoms with Gasteiger partial charge in [0.1, 0.15) is 0 Å². The Labute approximate surface area is 289 Å². The van der Waals surface area contributed by atoms with Gasteiger partial charge in [-0.15, -0.1) is 0 Å². The normalized spacial score (nSPS) is 11.0. The lowest BCUT2D eigenvalue weighted by molar-refractivity contribution is 1.07. The van der Waals surface area contributed by atoms with Crippen LogP contribution in [-0.2, 0) is 0 Å². The van der Waals surface area contributed by atoms with Crippen LogP contribution in [0.25, 0.3) is 79.2 Å². The zero-order valence-corrected chi connectivity index (χ0v) is 27.0. The minimum Gasteiger partial charge on any atom is -0.228 e. The van der Waals surface area contributed by atoms with E-state index in [1.807, 2.05) is 133 Å². The zero-order valence-electron chi connectivity index (χ0n) is 26.3. The van der Waals surface area contributed by atoms with E-state index in [9.17, 15) is 0 Å². The summed E-state index contributed by atoms with van der Waals surface area (Å²) in [6.07, 6.45) is 0. The molecule has 232 valence electrons. The Bertz CT molecular complexity index is 2270. The van der Waals surface area contributed by atoms with Gasteiger partial charge in [0.2, 0.25) is 0 Å². The molecule has 0 N–H and O–H groups in total. The van der Waals surface area contributed by atoms with Crippen LogP contribution in [0.4, 0.5) is 0 Å². The third-order valence-electron chi connectivity index (χ3n) is 8.25. The summed E-state index contributed by atoms with van der Waals surface area (Å²) in [5.41, 5.74) is 9.07. The summed E-state index contributed by atoms with van der Waals surface area (Å²) in [5.74, 6) is 2.32. The molecule has 0 aliphatic carbocycles. The molecule has 0 aliphatic heterocycles. The molecule has 49 heavy (non-hydrogen) atoms. The van der Waals surface area contributed by atoms with E-state index in [2.05, 4.69) is 36.4 Å². The van der Waals surface area contributed by atoms with Crippen molar-refractivity contribution in [2.45, 2.75) is 0 Å². The van der Waals surface area contributed by atoms with Crippen LogP contribution < -0.4 is 0 Å². The highest BCUT2D eigenvalue weighted by Crippen LogP contribution is 2.38. The third kappa shape index (κ3) is 6.35. The highest BCUT2D eigenvalue weighted by molar-refractivity contribution is 6.33. The molecule has 6 aromatic carbocycles. The SMILES string of the molecule is Clc1ccc(-c2ccccc2-c2cc(-c3ccccc3)nc(-c3ccccc3)n2)cc1-c1nc(-c2ccccc2)nc(-c2ccccc2)n1. The maximum Gasteiger partial charge on any atom is 0.165 e. The van der Waals surface area contributed by atoms with Crippen molar-refractivity contribution in [3.8, 4) is 79.2 Å². The highest BCUT2D eigenvalue weighted by atomic mass is 35.5. The summed E-state index contributed by atoms with van der Waals surface area (Å²) >= 11 is 6.93. The second-order valence-electron chi connectivity index (χ2n) is 11.5. The number of benzene rings is 6. The standard InChI is InChI=1S/C43H28ClN5/c44-37-26-25-33(27-36(37)43-48-41(31-19-9-3-10-20-31)47-42(49-43)32-21-11-4-12-22-32)34-23-13-14-24-35(34)39-28-38(29-15-5-1-6-16-29)45-40(46-39)30-17-7-2-8-18-30/h1-28H. The molecule has 0 aliphatic rings. The molecule has 0 atom stereocenters. The lowest BCUT2D eigenvalue weighted by Crippen LogP contribution is -2.01. The molecule has 0 bridgehead atoms. The van der Waals surface area contributed by atoms with Gasteiger partial charge in [0.25, 0.3) is 0 Å². The molecule has 6 heteroatoms. The van der Waals surface area contributed by atoms with E-state index in [1.54, 1.807) is 0 Å². The minimum atomic E-state index is 0.497. The minimum absolute atomic E-state index is 0.497. The van der Waals surface area contributed by atoms with Crippen LogP contribution in [0.1, 0.15) is 0 Å². The molecule has 0 amide bonds. The molecule has 8 rings (SSSR count). The number of aromatic nitrogens is 5. The fraction of sp³-hybridized carbons (Fsp3) is 0. The van der Waals surface area contributed by atoms with Crippen LogP contribution in [0, 0.1) is 0 Å². The van der Waals surface area contributed by atoms with Crippen LogP contribution in [0.5, 0.6) is 0 Å². The molecule has 0 saturated carbocycles. The van der Waals surface area contributed by atoms with Crippen molar-refractivity contribution in [1.29, 1.82) is 0 Å². The number of halogens is 1. The molecule has 0 unspecified atom stereocenters. The monoisotopic (exact) mass is 649 g/mol. The molecule has 2 aromatic heterocycles. The van der Waals surface area contributed by atoms with Crippen LogP contribution in [0.2, 0.25) is 5.02 Å². The van der Waals surface area contributed by atoms with E-state index in [0.29, 0.717) is 33.9 Å². The number of hydrogen-bond donors (Lipinski definition) is 0. The van der Waals surface area contributed by atoms with Gasteiger partial charge >= 0.3 is 0 Å². The van der Waals surface area contributed by atoms with Gasteiger partial charge in [-0.2, -0.15) is 0 Å². The Morgan fingerprint density at radius 3 is 1.27 bits per heavy atom. The van der Waals surface area contributed by atoms with E-state index in [-0.39, 0.29) is 0 Å². The molecule has 0 spiro atoms. The first-order valence-corrected chi connectivity index (χ1v) is 16.3. The number of nitrogens with zero attached hydrogens (tertiary/aromatic N) is 5. The van der Waals surface area contributed by atoms with E-state index in [1.165, 1.54) is 0 Å². The van der Waals surface area contributed by atoms with E-state index >= 15 is 0 Å². The fourth-order valence-corrected chi connectivity index (χ4v) is 6.01. The molecule has 0 saturated heterocycles. The van der Waals surface area contributed by atoms with Crippen molar-refractivity contribution in [3.63, 3.8) is 0 Å². The van der Waals surface area contributed by atoms with Gasteiger partial charge in [-0.1, -0.05) is 163 Å². The van der Waals surface area contributed by atoms with Crippen LogP contribution in [-0.4, -0.2) is 24.9 Å². The van der Waals surface area contributed by atoms with Crippen molar-refractivity contribution in [1.82, 2.24) is 24.9 Å². The van der Waals surface area contributed by atoms with Crippen molar-refractivity contribution >= 4 is 11.6 Å². The smallest absolute Gasteiger partial charge is 0.165 e. The Balaban J connectivity index is 1.28. The fourth-order valence-electron chi connectivity index (χ4n) is 5.81. The average Bonchev–Trinajstić information content (AvgIpc) is 3.19. The van der Waals surface area contributed by atoms with Gasteiger partial charge < -0.3 is 0 Å². The summed E-state index contributed by atoms with van der Waals surface area (Å²) in [6.45, 7) is 0. The predicted octanol–water partition coefficient (Wildman–Crippen LogP) is 11.0. The van der Waals surface area contributed by atoms with Crippen molar-refractivity contribution in [3.05, 3.63) is 175 Å². The maximum absolute atomic E-state index is 6.93. The molecule has 0 radical (unpaired) electrons. The Kier molecular flexibility index (Phi) is 8.24. The first kappa shape index (κ1) is 30.1. The molecule has 5 nitrogen and oxygen atoms in total. The van der Waals surface area contributed by atoms with E-state index < -0.39 is 0 Å². The van der Waals surface area contributed by atoms with Gasteiger partial charge in [-0.25, -0.2) is 24.9 Å². The first-order chi connectivity index (χ1) is 24.2. The van der Waals surface area contributed by atoms with Gasteiger partial charge in [0, 0.05) is 33.4 Å². The second kappa shape index (κ2) is 13.4. The number of hydrogen-bond acceptors (Lipinski definition) is 5. The number of rotatable bonds is 7. The maximum atomic E-state index is 6.93. The Hall–Kier alpha value is -6.30. The third-order valence-corrected chi connectivity index (χ3v) is 8.58. The van der Waals surface area contributed by atoms with Gasteiger partial charge in [0.05, 0.1) is 16.4 Å². The Morgan fingerprint density at radius 1 is 0.286 bits per heavy atom. The lowest BCUT2D eigenvalue weighted by atomic mass is 9.95. The summed E-state index contributed by atoms with van der Waals surface area (Å²) in [5, 5.41) is 0.546. The van der Waals surface area contributed by atoms with Crippen LogP contribution in [0.15, 0.2) is 170 Å². The summed E-state index contributed by atoms with van der Waals surface area (Å²) in [7, 11) is 0. The lowest BCUT2D eigenvalue weighted by Gasteiger charge is -2.14. The van der Waals surface area contributed by atoms with Crippen molar-refractivity contribution in [2.75, 3.05) is 0 Å². The van der Waals surface area contributed by atoms with Gasteiger partial charge in [-0.3, -0.25) is 0 Å². The first-order valence-electron chi connectivity index (χ1n) is 16.0. The Morgan fingerprint density at radius 2 is 0.714 bits per heavy atom. The molecule has 2 heterocycles. The van der Waals surface area contributed by atoms with E-state index in [0.717, 1.165) is 50.3 Å². The van der Waals surface area contributed by atoms with Gasteiger partial charge in [0.15, 0.2) is 23.3 Å². The highest BCUT2D eigenvalue weighted by Gasteiger charge is 2.18. The molecular weight excluding hydrogens is 622 g/mol. The summed E-state index contributed by atoms with van der Waals surface area (Å²) in [6, 6.07) is 56.4. The van der Waals surface area contributed by atoms with Crippen LogP contribution >= 0.6 is 11.6 Å². The molecular formula is C43H28ClN5. The van der Waals surface area contributed by atoms with E-state index in [4.69, 9.17) is 36.5 Å². The van der Waals surface area contributed by atoms with Gasteiger partial charge in [-0.05, 0) is 29.3 Å². The van der Waals surface area contributed by atoms with Crippen molar-refractivity contribution in [2.24, 2.45) is 0 Å². The molecule has 8 aromatic rings.